The van der Waals surface area contributed by atoms with Crippen molar-refractivity contribution in [1.82, 2.24) is 20.3 Å². The molecule has 7 nitrogen and oxygen atoms in total. The Morgan fingerprint density at radius 3 is 2.83 bits per heavy atom. The maximum absolute atomic E-state index is 12.8. The largest absolute Gasteiger partial charge is 0.379 e. The fourth-order valence-corrected chi connectivity index (χ4v) is 3.71. The van der Waals surface area contributed by atoms with E-state index >= 15 is 0 Å². The second kappa shape index (κ2) is 8.13. The predicted molar refractivity (Wildman–Crippen MR) is 112 cm³/mol. The van der Waals surface area contributed by atoms with Crippen molar-refractivity contribution < 1.29 is 9.53 Å². The van der Waals surface area contributed by atoms with Crippen LogP contribution in [-0.4, -0.2) is 54.2 Å². The molecule has 29 heavy (non-hydrogen) atoms. The fraction of sp³-hybridized carbons (Fsp3) is 0.364. The summed E-state index contributed by atoms with van der Waals surface area (Å²) in [4.78, 5) is 27.8. The molecule has 1 amide bonds. The molecular weight excluding hydrogens is 366 g/mol. The van der Waals surface area contributed by atoms with E-state index in [-0.39, 0.29) is 17.9 Å². The number of rotatable bonds is 5. The van der Waals surface area contributed by atoms with Crippen LogP contribution in [0.15, 0.2) is 42.7 Å². The van der Waals surface area contributed by atoms with Crippen LogP contribution in [-0.2, 0) is 11.2 Å². The molecule has 2 atom stereocenters. The molecule has 0 radical (unpaired) electrons. The molecule has 0 saturated carbocycles. The highest BCUT2D eigenvalue weighted by atomic mass is 16.5. The average Bonchev–Trinajstić information content (AvgIpc) is 3.14. The number of fused-ring (bicyclic) bond motifs is 1. The number of anilines is 1. The quantitative estimate of drug-likeness (QED) is 0.719. The van der Waals surface area contributed by atoms with Crippen molar-refractivity contribution >= 4 is 22.8 Å². The van der Waals surface area contributed by atoms with E-state index in [0.717, 1.165) is 17.3 Å². The fourth-order valence-electron chi connectivity index (χ4n) is 3.71. The Hall–Kier alpha value is -3.06. The molecule has 1 aliphatic heterocycles. The number of para-hydroxylation sites is 1. The lowest BCUT2D eigenvalue weighted by Gasteiger charge is -2.20. The SMILES string of the molecule is Cc1nc(N(C)C)ncc1C(=O)NC1COCC1Cc1ccnc2ccccc12. The number of amides is 1. The number of carbonyl (C=O) groups is 1. The number of carbonyl (C=O) groups excluding carboxylic acids is 1. The maximum atomic E-state index is 12.8. The lowest BCUT2D eigenvalue weighted by molar-refractivity contribution is 0.0923. The van der Waals surface area contributed by atoms with Crippen LogP contribution in [0, 0.1) is 12.8 Å². The zero-order chi connectivity index (χ0) is 20.4. The molecular formula is C22H25N5O2. The number of ether oxygens (including phenoxy) is 1. The van der Waals surface area contributed by atoms with E-state index in [4.69, 9.17) is 4.74 Å². The van der Waals surface area contributed by atoms with Gasteiger partial charge in [-0.15, -0.1) is 0 Å². The smallest absolute Gasteiger partial charge is 0.255 e. The third-order valence-electron chi connectivity index (χ3n) is 5.35. The third-order valence-corrected chi connectivity index (χ3v) is 5.35. The summed E-state index contributed by atoms with van der Waals surface area (Å²) in [5.74, 6) is 0.630. The van der Waals surface area contributed by atoms with Crippen LogP contribution >= 0.6 is 0 Å². The van der Waals surface area contributed by atoms with Gasteiger partial charge in [0, 0.05) is 37.8 Å². The summed E-state index contributed by atoms with van der Waals surface area (Å²) in [6, 6.07) is 10.1. The van der Waals surface area contributed by atoms with Gasteiger partial charge in [0.05, 0.1) is 36.0 Å². The van der Waals surface area contributed by atoms with Crippen LogP contribution in [0.5, 0.6) is 0 Å². The van der Waals surface area contributed by atoms with Crippen LogP contribution in [0.25, 0.3) is 10.9 Å². The van der Waals surface area contributed by atoms with Crippen LogP contribution in [0.1, 0.15) is 21.6 Å². The van der Waals surface area contributed by atoms with Gasteiger partial charge in [-0.25, -0.2) is 9.97 Å². The standard InChI is InChI=1S/C22H25N5O2/c1-14-18(11-24-22(25-14)27(2)3)21(28)26-20-13-29-12-16(20)10-15-8-9-23-19-7-5-4-6-17(15)19/h4-9,11,16,20H,10,12-13H2,1-3H3,(H,26,28). The van der Waals surface area contributed by atoms with Gasteiger partial charge in [-0.05, 0) is 31.0 Å². The van der Waals surface area contributed by atoms with Crippen LogP contribution in [0.2, 0.25) is 0 Å². The van der Waals surface area contributed by atoms with E-state index in [1.54, 1.807) is 6.20 Å². The van der Waals surface area contributed by atoms with E-state index in [2.05, 4.69) is 32.4 Å². The topological polar surface area (TPSA) is 80.2 Å². The number of benzene rings is 1. The molecule has 0 aliphatic carbocycles. The second-order valence-corrected chi connectivity index (χ2v) is 7.63. The summed E-state index contributed by atoms with van der Waals surface area (Å²) in [6.45, 7) is 2.96. The first-order valence-corrected chi connectivity index (χ1v) is 9.75. The molecule has 1 N–H and O–H groups in total. The van der Waals surface area contributed by atoms with E-state index in [1.807, 2.05) is 50.3 Å². The van der Waals surface area contributed by atoms with Gasteiger partial charge < -0.3 is 15.0 Å². The summed E-state index contributed by atoms with van der Waals surface area (Å²) >= 11 is 0. The van der Waals surface area contributed by atoms with Gasteiger partial charge in [0.25, 0.3) is 5.91 Å². The van der Waals surface area contributed by atoms with Crippen molar-refractivity contribution in [3.8, 4) is 0 Å². The Labute approximate surface area is 170 Å². The summed E-state index contributed by atoms with van der Waals surface area (Å²) in [5, 5.41) is 4.28. The molecule has 4 rings (SSSR count). The highest BCUT2D eigenvalue weighted by Crippen LogP contribution is 2.24. The summed E-state index contributed by atoms with van der Waals surface area (Å²) in [7, 11) is 3.75. The van der Waals surface area contributed by atoms with Crippen LogP contribution < -0.4 is 10.2 Å². The number of nitrogens with one attached hydrogen (secondary N) is 1. The predicted octanol–water partition coefficient (Wildman–Crippen LogP) is 2.39. The normalized spacial score (nSPS) is 18.7. The number of aromatic nitrogens is 3. The van der Waals surface area contributed by atoms with Crippen LogP contribution in [0.4, 0.5) is 5.95 Å². The van der Waals surface area contributed by atoms with Gasteiger partial charge in [-0.1, -0.05) is 18.2 Å². The van der Waals surface area contributed by atoms with Crippen molar-refractivity contribution in [2.45, 2.75) is 19.4 Å². The summed E-state index contributed by atoms with van der Waals surface area (Å²) in [5.41, 5.74) is 3.37. The Kier molecular flexibility index (Phi) is 5.40. The van der Waals surface area contributed by atoms with Gasteiger partial charge >= 0.3 is 0 Å². The Morgan fingerprint density at radius 1 is 1.21 bits per heavy atom. The number of hydrogen-bond donors (Lipinski definition) is 1. The first-order valence-electron chi connectivity index (χ1n) is 9.75. The summed E-state index contributed by atoms with van der Waals surface area (Å²) < 4.78 is 5.70. The monoisotopic (exact) mass is 391 g/mol. The summed E-state index contributed by atoms with van der Waals surface area (Å²) in [6.07, 6.45) is 4.26. The molecule has 3 aromatic rings. The van der Waals surface area contributed by atoms with Crippen molar-refractivity contribution in [1.29, 1.82) is 0 Å². The molecule has 2 unspecified atom stereocenters. The molecule has 1 saturated heterocycles. The van der Waals surface area contributed by atoms with E-state index in [1.165, 1.54) is 5.56 Å². The van der Waals surface area contributed by atoms with Crippen molar-refractivity contribution in [2.24, 2.45) is 5.92 Å². The highest BCUT2D eigenvalue weighted by Gasteiger charge is 2.31. The molecule has 2 aromatic heterocycles. The van der Waals surface area contributed by atoms with Crippen molar-refractivity contribution in [2.75, 3.05) is 32.2 Å². The first kappa shape index (κ1) is 19.3. The minimum Gasteiger partial charge on any atom is -0.379 e. The Bertz CT molecular complexity index is 1030. The number of pyridine rings is 1. The lowest BCUT2D eigenvalue weighted by Crippen LogP contribution is -2.41. The third kappa shape index (κ3) is 4.05. The second-order valence-electron chi connectivity index (χ2n) is 7.63. The lowest BCUT2D eigenvalue weighted by atomic mass is 9.93. The molecule has 150 valence electrons. The number of nitrogens with zero attached hydrogens (tertiary/aromatic N) is 4. The van der Waals surface area contributed by atoms with Gasteiger partial charge in [0.1, 0.15) is 0 Å². The highest BCUT2D eigenvalue weighted by molar-refractivity contribution is 5.95. The van der Waals surface area contributed by atoms with Gasteiger partial charge in [-0.3, -0.25) is 9.78 Å². The van der Waals surface area contributed by atoms with Gasteiger partial charge in [0.15, 0.2) is 0 Å². The van der Waals surface area contributed by atoms with Crippen molar-refractivity contribution in [3.63, 3.8) is 0 Å². The minimum atomic E-state index is -0.159. The number of hydrogen-bond acceptors (Lipinski definition) is 6. The number of aryl methyl sites for hydroxylation is 1. The minimum absolute atomic E-state index is 0.0534. The van der Waals surface area contributed by atoms with Gasteiger partial charge in [0.2, 0.25) is 5.95 Å². The zero-order valence-electron chi connectivity index (χ0n) is 16.9. The Balaban J connectivity index is 1.49. The van der Waals surface area contributed by atoms with E-state index in [9.17, 15) is 4.79 Å². The molecule has 0 spiro atoms. The molecule has 3 heterocycles. The Morgan fingerprint density at radius 2 is 2.03 bits per heavy atom. The molecule has 7 heteroatoms. The van der Waals surface area contributed by atoms with Gasteiger partial charge in [-0.2, -0.15) is 0 Å². The van der Waals surface area contributed by atoms with E-state index in [0.29, 0.717) is 30.4 Å². The molecule has 1 aromatic carbocycles. The molecule has 1 aliphatic rings. The first-order chi connectivity index (χ1) is 14.0. The maximum Gasteiger partial charge on any atom is 0.255 e. The van der Waals surface area contributed by atoms with Crippen molar-refractivity contribution in [3.05, 3.63) is 59.5 Å². The average molecular weight is 391 g/mol. The molecule has 0 bridgehead atoms. The zero-order valence-corrected chi connectivity index (χ0v) is 16.9. The molecule has 1 fully saturated rings. The van der Waals surface area contributed by atoms with E-state index < -0.39 is 0 Å². The van der Waals surface area contributed by atoms with Crippen LogP contribution in [0.3, 0.4) is 0 Å².